The topological polar surface area (TPSA) is 84.8 Å². The lowest BCUT2D eigenvalue weighted by Crippen LogP contribution is -2.42. The maximum atomic E-state index is 12.5. The maximum absolute atomic E-state index is 12.5. The first-order valence-electron chi connectivity index (χ1n) is 10.5. The summed E-state index contributed by atoms with van der Waals surface area (Å²) in [6.07, 6.45) is 6.79. The van der Waals surface area contributed by atoms with Crippen LogP contribution in [0.3, 0.4) is 0 Å². The first-order valence-corrected chi connectivity index (χ1v) is 10.5. The Balaban J connectivity index is 1.39. The molecule has 8 heteroatoms. The summed E-state index contributed by atoms with van der Waals surface area (Å²) in [5.74, 6) is -0.171. The van der Waals surface area contributed by atoms with Crippen LogP contribution in [0.25, 0.3) is 0 Å². The highest BCUT2D eigenvalue weighted by Crippen LogP contribution is 2.34. The summed E-state index contributed by atoms with van der Waals surface area (Å²) in [6, 6.07) is 9.16. The predicted molar refractivity (Wildman–Crippen MR) is 112 cm³/mol. The van der Waals surface area contributed by atoms with E-state index in [0.29, 0.717) is 23.7 Å². The summed E-state index contributed by atoms with van der Waals surface area (Å²) in [5.41, 5.74) is 1.62. The summed E-state index contributed by atoms with van der Waals surface area (Å²) >= 11 is 0. The fraction of sp³-hybridized carbons (Fsp3) is 0.455. The first kappa shape index (κ1) is 20.3. The molecule has 2 aliphatic heterocycles. The summed E-state index contributed by atoms with van der Waals surface area (Å²) in [4.78, 5) is 27.3. The molecule has 160 valence electrons. The van der Waals surface area contributed by atoms with Crippen LogP contribution < -0.4 is 20.1 Å². The van der Waals surface area contributed by atoms with E-state index in [2.05, 4.69) is 26.2 Å². The lowest BCUT2D eigenvalue weighted by Gasteiger charge is -2.31. The van der Waals surface area contributed by atoms with Gasteiger partial charge in [0.2, 0.25) is 6.79 Å². The van der Waals surface area contributed by atoms with Crippen molar-refractivity contribution in [2.45, 2.75) is 31.7 Å². The highest BCUT2D eigenvalue weighted by Gasteiger charge is 2.25. The van der Waals surface area contributed by atoms with Crippen molar-refractivity contribution in [3.63, 3.8) is 0 Å². The lowest BCUT2D eigenvalue weighted by atomic mass is 10.1. The van der Waals surface area contributed by atoms with Gasteiger partial charge in [0.1, 0.15) is 0 Å². The SMILES string of the molecule is Cn1cccc1[C@H](CNC(=O)C(=O)Nc1ccc2c(c1)OCO2)N1CCCCCC1. The van der Waals surface area contributed by atoms with Gasteiger partial charge in [0.15, 0.2) is 11.5 Å². The number of amides is 2. The average molecular weight is 412 g/mol. The van der Waals surface area contributed by atoms with Crippen LogP contribution in [0, 0.1) is 0 Å². The average Bonchev–Trinajstić information content (AvgIpc) is 3.29. The van der Waals surface area contributed by atoms with Crippen LogP contribution in [0.15, 0.2) is 36.5 Å². The number of hydrogen-bond acceptors (Lipinski definition) is 5. The molecule has 2 aromatic rings. The minimum absolute atomic E-state index is 0.0328. The number of fused-ring (bicyclic) bond motifs is 1. The van der Waals surface area contributed by atoms with Gasteiger partial charge in [-0.05, 0) is 50.2 Å². The number of nitrogens with one attached hydrogen (secondary N) is 2. The van der Waals surface area contributed by atoms with E-state index in [-0.39, 0.29) is 12.8 Å². The molecule has 30 heavy (non-hydrogen) atoms. The molecule has 8 nitrogen and oxygen atoms in total. The van der Waals surface area contributed by atoms with E-state index >= 15 is 0 Å². The number of aryl methyl sites for hydroxylation is 1. The number of ether oxygens (including phenoxy) is 2. The van der Waals surface area contributed by atoms with E-state index in [1.54, 1.807) is 18.2 Å². The Morgan fingerprint density at radius 2 is 1.80 bits per heavy atom. The third-order valence-corrected chi connectivity index (χ3v) is 5.70. The summed E-state index contributed by atoms with van der Waals surface area (Å²) < 4.78 is 12.6. The minimum Gasteiger partial charge on any atom is -0.454 e. The van der Waals surface area contributed by atoms with Gasteiger partial charge in [-0.3, -0.25) is 14.5 Å². The van der Waals surface area contributed by atoms with Crippen molar-refractivity contribution >= 4 is 17.5 Å². The molecule has 1 saturated heterocycles. The van der Waals surface area contributed by atoms with Crippen molar-refractivity contribution < 1.29 is 19.1 Å². The maximum Gasteiger partial charge on any atom is 0.313 e. The Hall–Kier alpha value is -3.00. The lowest BCUT2D eigenvalue weighted by molar-refractivity contribution is -0.136. The van der Waals surface area contributed by atoms with Crippen molar-refractivity contribution in [3.05, 3.63) is 42.2 Å². The Morgan fingerprint density at radius 3 is 2.53 bits per heavy atom. The Bertz CT molecular complexity index is 902. The van der Waals surface area contributed by atoms with Gasteiger partial charge in [0.05, 0.1) is 6.04 Å². The second kappa shape index (κ2) is 9.21. The Morgan fingerprint density at radius 1 is 1.03 bits per heavy atom. The van der Waals surface area contributed by atoms with Crippen molar-refractivity contribution in [1.82, 2.24) is 14.8 Å². The Labute approximate surface area is 176 Å². The third-order valence-electron chi connectivity index (χ3n) is 5.70. The van der Waals surface area contributed by atoms with Crippen LogP contribution in [0.4, 0.5) is 5.69 Å². The number of likely N-dealkylation sites (tertiary alicyclic amines) is 1. The summed E-state index contributed by atoms with van der Waals surface area (Å²) in [5, 5.41) is 5.45. The molecule has 0 aliphatic carbocycles. The molecule has 4 rings (SSSR count). The molecule has 2 N–H and O–H groups in total. The summed E-state index contributed by atoms with van der Waals surface area (Å²) in [6.45, 7) is 2.53. The highest BCUT2D eigenvalue weighted by atomic mass is 16.7. The number of carbonyl (C=O) groups excluding carboxylic acids is 2. The molecule has 1 aromatic carbocycles. The number of carbonyl (C=O) groups is 2. The van der Waals surface area contributed by atoms with Crippen molar-refractivity contribution in [3.8, 4) is 11.5 Å². The van der Waals surface area contributed by atoms with Crippen molar-refractivity contribution in [1.29, 1.82) is 0 Å². The van der Waals surface area contributed by atoms with E-state index in [9.17, 15) is 9.59 Å². The Kier molecular flexibility index (Phi) is 6.23. The number of rotatable bonds is 5. The van der Waals surface area contributed by atoms with E-state index < -0.39 is 11.8 Å². The molecule has 1 fully saturated rings. The highest BCUT2D eigenvalue weighted by molar-refractivity contribution is 6.39. The van der Waals surface area contributed by atoms with E-state index in [4.69, 9.17) is 9.47 Å². The monoisotopic (exact) mass is 412 g/mol. The van der Waals surface area contributed by atoms with Crippen LogP contribution in [0.2, 0.25) is 0 Å². The van der Waals surface area contributed by atoms with Crippen molar-refractivity contribution in [2.75, 3.05) is 31.7 Å². The molecular weight excluding hydrogens is 384 g/mol. The second-order valence-electron chi connectivity index (χ2n) is 7.74. The van der Waals surface area contributed by atoms with E-state index in [1.165, 1.54) is 12.8 Å². The second-order valence-corrected chi connectivity index (χ2v) is 7.74. The first-order chi connectivity index (χ1) is 14.6. The molecule has 3 heterocycles. The number of hydrogen-bond donors (Lipinski definition) is 2. The molecule has 0 radical (unpaired) electrons. The zero-order chi connectivity index (χ0) is 20.9. The molecule has 0 saturated carbocycles. The van der Waals surface area contributed by atoms with Crippen LogP contribution in [-0.4, -0.2) is 47.7 Å². The molecule has 2 amide bonds. The van der Waals surface area contributed by atoms with Gasteiger partial charge in [-0.15, -0.1) is 0 Å². The molecule has 1 atom stereocenters. The van der Waals surface area contributed by atoms with Gasteiger partial charge < -0.3 is 24.7 Å². The van der Waals surface area contributed by atoms with E-state index in [1.807, 2.05) is 19.3 Å². The standard InChI is InChI=1S/C22H28N4O4/c1-25-10-6-7-17(25)18(26-11-4-2-3-5-12-26)14-23-21(27)22(28)24-16-8-9-19-20(13-16)30-15-29-19/h6-10,13,18H,2-5,11-12,14-15H2,1H3,(H,23,27)(H,24,28)/t18-/m0/s1. The van der Waals surface area contributed by atoms with Crippen LogP contribution >= 0.6 is 0 Å². The largest absolute Gasteiger partial charge is 0.454 e. The van der Waals surface area contributed by atoms with Crippen LogP contribution in [0.5, 0.6) is 11.5 Å². The molecule has 0 spiro atoms. The molecule has 0 unspecified atom stereocenters. The molecule has 1 aromatic heterocycles. The van der Waals surface area contributed by atoms with Gasteiger partial charge in [-0.1, -0.05) is 12.8 Å². The fourth-order valence-electron chi connectivity index (χ4n) is 4.08. The van der Waals surface area contributed by atoms with E-state index in [0.717, 1.165) is 31.6 Å². The normalized spacial score (nSPS) is 17.2. The van der Waals surface area contributed by atoms with Gasteiger partial charge in [-0.2, -0.15) is 0 Å². The van der Waals surface area contributed by atoms with Gasteiger partial charge in [0.25, 0.3) is 0 Å². The zero-order valence-corrected chi connectivity index (χ0v) is 17.2. The van der Waals surface area contributed by atoms with Gasteiger partial charge in [-0.25, -0.2) is 0 Å². The zero-order valence-electron chi connectivity index (χ0n) is 17.2. The molecule has 0 bridgehead atoms. The number of aromatic nitrogens is 1. The van der Waals surface area contributed by atoms with Gasteiger partial charge in [0, 0.05) is 37.2 Å². The number of benzene rings is 1. The third kappa shape index (κ3) is 4.59. The van der Waals surface area contributed by atoms with Crippen molar-refractivity contribution in [2.24, 2.45) is 7.05 Å². The molecule has 2 aliphatic rings. The fourth-order valence-corrected chi connectivity index (χ4v) is 4.08. The van der Waals surface area contributed by atoms with Crippen LogP contribution in [0.1, 0.15) is 37.4 Å². The number of nitrogens with zero attached hydrogens (tertiary/aromatic N) is 2. The number of anilines is 1. The quantitative estimate of drug-likeness (QED) is 0.737. The molecular formula is C22H28N4O4. The minimum atomic E-state index is -0.699. The van der Waals surface area contributed by atoms with Crippen LogP contribution in [-0.2, 0) is 16.6 Å². The predicted octanol–water partition coefficient (Wildman–Crippen LogP) is 2.43. The van der Waals surface area contributed by atoms with Gasteiger partial charge >= 0.3 is 11.8 Å². The summed E-state index contributed by atoms with van der Waals surface area (Å²) in [7, 11) is 2.01. The smallest absolute Gasteiger partial charge is 0.313 e.